The zero-order valence-electron chi connectivity index (χ0n) is 14.9. The van der Waals surface area contributed by atoms with Crippen LogP contribution in [0.3, 0.4) is 0 Å². The number of rotatable bonds is 5. The molecule has 1 aliphatic heterocycles. The molecule has 1 aliphatic rings. The second kappa shape index (κ2) is 7.97. The second-order valence-corrected chi connectivity index (χ2v) is 6.54. The van der Waals surface area contributed by atoms with Crippen LogP contribution in [0.2, 0.25) is 0 Å². The van der Waals surface area contributed by atoms with Crippen LogP contribution in [-0.4, -0.2) is 48.3 Å². The number of halogens is 3. The minimum Gasteiger partial charge on any atom is -0.369 e. The van der Waals surface area contributed by atoms with Crippen molar-refractivity contribution in [3.05, 3.63) is 69.8 Å². The fourth-order valence-electron chi connectivity index (χ4n) is 3.11. The van der Waals surface area contributed by atoms with Crippen molar-refractivity contribution in [1.82, 2.24) is 4.90 Å². The zero-order chi connectivity index (χ0) is 20.3. The van der Waals surface area contributed by atoms with Crippen molar-refractivity contribution >= 4 is 17.2 Å². The number of carbonyl (C=O) groups excluding carboxylic acids is 1. The first-order valence-electron chi connectivity index (χ1n) is 8.66. The maximum absolute atomic E-state index is 12.9. The number of Topliss-reactive ketones (excluding diaryl/α,β-unsaturated/α-hetero) is 1. The van der Waals surface area contributed by atoms with Crippen molar-refractivity contribution in [2.24, 2.45) is 0 Å². The van der Waals surface area contributed by atoms with Crippen molar-refractivity contribution in [3.63, 3.8) is 0 Å². The Balaban J connectivity index is 1.57. The Bertz CT molecular complexity index is 861. The number of alkyl halides is 3. The maximum atomic E-state index is 12.9. The summed E-state index contributed by atoms with van der Waals surface area (Å²) in [6.45, 7) is 2.25. The number of hydrogen-bond donors (Lipinski definition) is 0. The van der Waals surface area contributed by atoms with Gasteiger partial charge >= 0.3 is 6.18 Å². The van der Waals surface area contributed by atoms with E-state index in [-0.39, 0.29) is 18.0 Å². The molecule has 0 atom stereocenters. The largest absolute Gasteiger partial charge is 0.416 e. The molecular formula is C19H18F3N3O3. The first-order chi connectivity index (χ1) is 13.2. The van der Waals surface area contributed by atoms with Gasteiger partial charge in [-0.1, -0.05) is 6.07 Å². The van der Waals surface area contributed by atoms with E-state index in [0.717, 1.165) is 12.1 Å². The molecule has 1 fully saturated rings. The van der Waals surface area contributed by atoms with Crippen LogP contribution in [0.25, 0.3) is 0 Å². The lowest BCUT2D eigenvalue weighted by molar-refractivity contribution is -0.384. The van der Waals surface area contributed by atoms with Gasteiger partial charge in [-0.15, -0.1) is 0 Å². The molecule has 6 nitrogen and oxygen atoms in total. The lowest BCUT2D eigenvalue weighted by atomic mass is 10.1. The van der Waals surface area contributed by atoms with Gasteiger partial charge in [0.1, 0.15) is 0 Å². The van der Waals surface area contributed by atoms with Crippen LogP contribution in [0.4, 0.5) is 24.5 Å². The van der Waals surface area contributed by atoms with E-state index in [9.17, 15) is 28.1 Å². The predicted octanol–water partition coefficient (Wildman–Crippen LogP) is 3.62. The molecule has 0 aromatic heterocycles. The summed E-state index contributed by atoms with van der Waals surface area (Å²) in [5, 5.41) is 10.7. The summed E-state index contributed by atoms with van der Waals surface area (Å²) in [6.07, 6.45) is -4.38. The number of carbonyl (C=O) groups is 1. The van der Waals surface area contributed by atoms with E-state index in [1.807, 2.05) is 9.80 Å². The quantitative estimate of drug-likeness (QED) is 0.441. The fourth-order valence-corrected chi connectivity index (χ4v) is 3.11. The molecule has 2 aromatic rings. The van der Waals surface area contributed by atoms with E-state index in [1.54, 1.807) is 6.07 Å². The lowest BCUT2D eigenvalue weighted by Gasteiger charge is -2.36. The molecule has 0 N–H and O–H groups in total. The number of benzene rings is 2. The highest BCUT2D eigenvalue weighted by molar-refractivity contribution is 5.97. The Morgan fingerprint density at radius 3 is 2.25 bits per heavy atom. The Labute approximate surface area is 159 Å². The molecule has 0 saturated carbocycles. The second-order valence-electron chi connectivity index (χ2n) is 6.54. The Morgan fingerprint density at radius 1 is 1.04 bits per heavy atom. The van der Waals surface area contributed by atoms with Gasteiger partial charge in [0.2, 0.25) is 0 Å². The van der Waals surface area contributed by atoms with Gasteiger partial charge < -0.3 is 4.90 Å². The summed E-state index contributed by atoms with van der Waals surface area (Å²) in [7, 11) is 0. The molecular weight excluding hydrogens is 375 g/mol. The van der Waals surface area contributed by atoms with Crippen molar-refractivity contribution in [3.8, 4) is 0 Å². The van der Waals surface area contributed by atoms with Crippen LogP contribution in [0, 0.1) is 10.1 Å². The van der Waals surface area contributed by atoms with Crippen molar-refractivity contribution < 1.29 is 22.9 Å². The molecule has 28 heavy (non-hydrogen) atoms. The van der Waals surface area contributed by atoms with Gasteiger partial charge in [0, 0.05) is 49.6 Å². The van der Waals surface area contributed by atoms with Crippen molar-refractivity contribution in [2.45, 2.75) is 6.18 Å². The van der Waals surface area contributed by atoms with Gasteiger partial charge in [-0.05, 0) is 30.3 Å². The van der Waals surface area contributed by atoms with E-state index < -0.39 is 16.7 Å². The van der Waals surface area contributed by atoms with Gasteiger partial charge in [0.15, 0.2) is 5.78 Å². The van der Waals surface area contributed by atoms with E-state index in [4.69, 9.17) is 0 Å². The Hall–Kier alpha value is -2.94. The lowest BCUT2D eigenvalue weighted by Crippen LogP contribution is -2.48. The number of piperazine rings is 1. The van der Waals surface area contributed by atoms with Gasteiger partial charge in [-0.2, -0.15) is 13.2 Å². The molecule has 0 unspecified atom stereocenters. The van der Waals surface area contributed by atoms with Crippen LogP contribution in [0.5, 0.6) is 0 Å². The average Bonchev–Trinajstić information content (AvgIpc) is 2.68. The number of nitrogens with zero attached hydrogens (tertiary/aromatic N) is 3. The highest BCUT2D eigenvalue weighted by atomic mass is 19.4. The number of non-ortho nitro benzene ring substituents is 1. The van der Waals surface area contributed by atoms with E-state index >= 15 is 0 Å². The SMILES string of the molecule is O=C(CN1CCN(c2cccc(C(F)(F)F)c2)CC1)c1ccc([N+](=O)[O-])cc1. The number of nitro benzene ring substituents is 1. The van der Waals surface area contributed by atoms with Crippen LogP contribution < -0.4 is 4.90 Å². The number of nitro groups is 1. The monoisotopic (exact) mass is 393 g/mol. The number of hydrogen-bond acceptors (Lipinski definition) is 5. The third-order valence-electron chi connectivity index (χ3n) is 4.68. The van der Waals surface area contributed by atoms with Gasteiger partial charge in [0.05, 0.1) is 17.0 Å². The molecule has 0 radical (unpaired) electrons. The minimum absolute atomic E-state index is 0.0775. The first-order valence-corrected chi connectivity index (χ1v) is 8.66. The Kier molecular flexibility index (Phi) is 5.64. The highest BCUT2D eigenvalue weighted by Crippen LogP contribution is 2.31. The molecule has 148 valence electrons. The van der Waals surface area contributed by atoms with Crippen LogP contribution >= 0.6 is 0 Å². The van der Waals surface area contributed by atoms with Crippen molar-refractivity contribution in [2.75, 3.05) is 37.6 Å². The topological polar surface area (TPSA) is 66.7 Å². The average molecular weight is 393 g/mol. The summed E-state index contributed by atoms with van der Waals surface area (Å²) in [5.41, 5.74) is 0.147. The zero-order valence-corrected chi connectivity index (χ0v) is 14.9. The fraction of sp³-hybridized carbons (Fsp3) is 0.316. The molecule has 0 amide bonds. The molecule has 1 heterocycles. The van der Waals surface area contributed by atoms with E-state index in [2.05, 4.69) is 0 Å². The van der Waals surface area contributed by atoms with Crippen LogP contribution in [0.15, 0.2) is 48.5 Å². The van der Waals surface area contributed by atoms with Crippen LogP contribution in [-0.2, 0) is 6.18 Å². The first kappa shape index (κ1) is 19.8. The third-order valence-corrected chi connectivity index (χ3v) is 4.68. The standard InChI is InChI=1S/C19H18F3N3O3/c20-19(21,22)15-2-1-3-17(12-15)24-10-8-23(9-11-24)13-18(26)14-4-6-16(7-5-14)25(27)28/h1-7,12H,8-11,13H2. The summed E-state index contributed by atoms with van der Waals surface area (Å²) in [4.78, 5) is 26.3. The molecule has 1 saturated heterocycles. The minimum atomic E-state index is -4.38. The van der Waals surface area contributed by atoms with Gasteiger partial charge in [0.25, 0.3) is 5.69 Å². The summed E-state index contributed by atoms with van der Waals surface area (Å²) >= 11 is 0. The normalized spacial score (nSPS) is 15.5. The van der Waals surface area contributed by atoms with E-state index in [0.29, 0.717) is 37.4 Å². The smallest absolute Gasteiger partial charge is 0.369 e. The Morgan fingerprint density at radius 2 is 1.68 bits per heavy atom. The number of ketones is 1. The molecule has 0 bridgehead atoms. The van der Waals surface area contributed by atoms with E-state index in [1.165, 1.54) is 30.3 Å². The van der Waals surface area contributed by atoms with Gasteiger partial charge in [-0.25, -0.2) is 0 Å². The highest BCUT2D eigenvalue weighted by Gasteiger charge is 2.31. The molecule has 2 aromatic carbocycles. The van der Waals surface area contributed by atoms with Gasteiger partial charge in [-0.3, -0.25) is 19.8 Å². The van der Waals surface area contributed by atoms with Crippen LogP contribution in [0.1, 0.15) is 15.9 Å². The summed E-state index contributed by atoms with van der Waals surface area (Å²) < 4.78 is 38.6. The maximum Gasteiger partial charge on any atom is 0.416 e. The molecule has 0 spiro atoms. The number of anilines is 1. The molecule has 3 rings (SSSR count). The molecule has 9 heteroatoms. The summed E-state index contributed by atoms with van der Waals surface area (Å²) in [5.74, 6) is -0.151. The van der Waals surface area contributed by atoms with Crippen molar-refractivity contribution in [1.29, 1.82) is 0 Å². The summed E-state index contributed by atoms with van der Waals surface area (Å²) in [6, 6.07) is 10.7. The third kappa shape index (κ3) is 4.66. The predicted molar refractivity (Wildman–Crippen MR) is 97.5 cm³/mol. The molecule has 0 aliphatic carbocycles.